The average molecular weight is 441 g/mol. The molecule has 3 rings (SSSR count). The van der Waals surface area contributed by atoms with E-state index < -0.39 is 22.0 Å². The fourth-order valence-corrected chi connectivity index (χ4v) is 5.11. The Labute approximate surface area is 174 Å². The van der Waals surface area contributed by atoms with E-state index in [4.69, 9.17) is 14.2 Å². The lowest BCUT2D eigenvalue weighted by Crippen LogP contribution is -2.40. The van der Waals surface area contributed by atoms with Gasteiger partial charge in [0.1, 0.15) is 17.7 Å². The van der Waals surface area contributed by atoms with Crippen molar-refractivity contribution in [2.24, 2.45) is 0 Å². The molecule has 2 aromatic rings. The number of sulfonamides is 1. The number of benzene rings is 1. The van der Waals surface area contributed by atoms with Crippen molar-refractivity contribution in [1.29, 1.82) is 0 Å². The van der Waals surface area contributed by atoms with Gasteiger partial charge in [0.25, 0.3) is 0 Å². The number of aromatic nitrogens is 1. The zero-order valence-electron chi connectivity index (χ0n) is 16.6. The molecule has 29 heavy (non-hydrogen) atoms. The Morgan fingerprint density at radius 2 is 2.14 bits per heavy atom. The molecule has 1 aliphatic heterocycles. The third-order valence-electron chi connectivity index (χ3n) is 4.53. The first-order chi connectivity index (χ1) is 13.8. The fourth-order valence-electron chi connectivity index (χ4n) is 3.20. The van der Waals surface area contributed by atoms with E-state index in [0.29, 0.717) is 43.2 Å². The molecule has 1 atom stereocenters. The summed E-state index contributed by atoms with van der Waals surface area (Å²) in [5.41, 5.74) is 1.47. The van der Waals surface area contributed by atoms with Gasteiger partial charge in [0.2, 0.25) is 10.0 Å². The Morgan fingerprint density at radius 1 is 1.34 bits per heavy atom. The van der Waals surface area contributed by atoms with Crippen molar-refractivity contribution in [2.75, 3.05) is 26.5 Å². The molecular formula is C19H24N2O6S2. The Hall–Kier alpha value is -2.17. The monoisotopic (exact) mass is 440 g/mol. The van der Waals surface area contributed by atoms with Crippen LogP contribution in [0.5, 0.6) is 11.5 Å². The lowest BCUT2D eigenvalue weighted by molar-refractivity contribution is -0.148. The van der Waals surface area contributed by atoms with Gasteiger partial charge in [-0.1, -0.05) is 0 Å². The number of nitrogens with zero attached hydrogens (tertiary/aromatic N) is 2. The molecular weight excluding hydrogens is 416 g/mol. The maximum absolute atomic E-state index is 12.4. The van der Waals surface area contributed by atoms with Gasteiger partial charge in [-0.05, 0) is 38.0 Å². The number of methoxy groups -OCH3 is 1. The van der Waals surface area contributed by atoms with Crippen LogP contribution in [0.1, 0.15) is 25.5 Å². The van der Waals surface area contributed by atoms with Crippen molar-refractivity contribution in [1.82, 2.24) is 9.29 Å². The number of hydrogen-bond acceptors (Lipinski definition) is 8. The van der Waals surface area contributed by atoms with E-state index in [0.717, 1.165) is 16.8 Å². The first kappa shape index (κ1) is 21.5. The molecule has 1 aromatic carbocycles. The summed E-state index contributed by atoms with van der Waals surface area (Å²) in [5.74, 6) is 0.747. The van der Waals surface area contributed by atoms with E-state index in [2.05, 4.69) is 4.98 Å². The van der Waals surface area contributed by atoms with Crippen LogP contribution < -0.4 is 9.47 Å². The molecule has 0 bridgehead atoms. The van der Waals surface area contributed by atoms with E-state index in [9.17, 15) is 13.2 Å². The van der Waals surface area contributed by atoms with Crippen LogP contribution in [-0.2, 0) is 26.2 Å². The highest BCUT2D eigenvalue weighted by Gasteiger charge is 2.37. The van der Waals surface area contributed by atoms with Crippen LogP contribution in [0.3, 0.4) is 0 Å². The number of carbonyl (C=O) groups excluding carboxylic acids is 1. The minimum Gasteiger partial charge on any atom is -0.493 e. The maximum atomic E-state index is 12.4. The molecule has 1 fully saturated rings. The molecule has 1 unspecified atom stereocenters. The largest absolute Gasteiger partial charge is 0.493 e. The number of ether oxygens (including phenoxy) is 3. The van der Waals surface area contributed by atoms with Crippen molar-refractivity contribution in [3.8, 4) is 22.1 Å². The third kappa shape index (κ3) is 5.06. The highest BCUT2D eigenvalue weighted by molar-refractivity contribution is 7.88. The van der Waals surface area contributed by atoms with Crippen molar-refractivity contribution in [3.63, 3.8) is 0 Å². The van der Waals surface area contributed by atoms with E-state index in [1.165, 1.54) is 15.6 Å². The molecule has 2 heterocycles. The topological polar surface area (TPSA) is 95.0 Å². The van der Waals surface area contributed by atoms with E-state index in [1.807, 2.05) is 30.5 Å². The van der Waals surface area contributed by atoms with Gasteiger partial charge in [-0.3, -0.25) is 4.79 Å². The van der Waals surface area contributed by atoms with Gasteiger partial charge in [0.05, 0.1) is 25.7 Å². The molecule has 158 valence electrons. The zero-order chi connectivity index (χ0) is 21.0. The second kappa shape index (κ2) is 9.10. The quantitative estimate of drug-likeness (QED) is 0.583. The summed E-state index contributed by atoms with van der Waals surface area (Å²) in [6.45, 7) is 2.79. The van der Waals surface area contributed by atoms with Gasteiger partial charge in [-0.15, -0.1) is 11.3 Å². The van der Waals surface area contributed by atoms with Crippen LogP contribution in [0.15, 0.2) is 23.6 Å². The molecule has 1 saturated heterocycles. The normalized spacial score (nSPS) is 17.3. The lowest BCUT2D eigenvalue weighted by Gasteiger charge is -2.20. The molecule has 0 saturated carbocycles. The van der Waals surface area contributed by atoms with Crippen molar-refractivity contribution in [2.45, 2.75) is 32.4 Å². The van der Waals surface area contributed by atoms with Crippen LogP contribution in [-0.4, -0.2) is 56.2 Å². The van der Waals surface area contributed by atoms with Gasteiger partial charge < -0.3 is 14.2 Å². The van der Waals surface area contributed by atoms with Gasteiger partial charge in [-0.2, -0.15) is 4.31 Å². The predicted octanol–water partition coefficient (Wildman–Crippen LogP) is 2.68. The van der Waals surface area contributed by atoms with E-state index >= 15 is 0 Å². The minimum atomic E-state index is -3.43. The maximum Gasteiger partial charge on any atom is 0.324 e. The number of carbonyl (C=O) groups is 1. The first-order valence-electron chi connectivity index (χ1n) is 9.22. The van der Waals surface area contributed by atoms with Gasteiger partial charge in [0.15, 0.2) is 11.5 Å². The number of rotatable bonds is 8. The highest BCUT2D eigenvalue weighted by Crippen LogP contribution is 2.34. The van der Waals surface area contributed by atoms with E-state index in [1.54, 1.807) is 7.11 Å². The molecule has 1 aromatic heterocycles. The van der Waals surface area contributed by atoms with Crippen molar-refractivity contribution in [3.05, 3.63) is 29.3 Å². The predicted molar refractivity (Wildman–Crippen MR) is 110 cm³/mol. The summed E-state index contributed by atoms with van der Waals surface area (Å²) >= 11 is 1.42. The second-order valence-corrected chi connectivity index (χ2v) is 9.38. The zero-order valence-corrected chi connectivity index (χ0v) is 18.2. The smallest absolute Gasteiger partial charge is 0.324 e. The van der Waals surface area contributed by atoms with Crippen LogP contribution in [0.4, 0.5) is 0 Å². The summed E-state index contributed by atoms with van der Waals surface area (Å²) in [7, 11) is -1.85. The molecule has 0 radical (unpaired) electrons. The van der Waals surface area contributed by atoms with Crippen LogP contribution in [0, 0.1) is 0 Å². The van der Waals surface area contributed by atoms with Crippen LogP contribution >= 0.6 is 11.3 Å². The van der Waals surface area contributed by atoms with Gasteiger partial charge >= 0.3 is 5.97 Å². The third-order valence-corrected chi connectivity index (χ3v) is 6.76. The number of hydrogen-bond donors (Lipinski definition) is 0. The first-order valence-corrected chi connectivity index (χ1v) is 11.9. The minimum absolute atomic E-state index is 0.00238. The summed E-state index contributed by atoms with van der Waals surface area (Å²) in [5, 5.41) is 2.57. The molecule has 1 aliphatic rings. The van der Waals surface area contributed by atoms with Crippen LogP contribution in [0.25, 0.3) is 10.6 Å². The summed E-state index contributed by atoms with van der Waals surface area (Å²) in [6, 6.07) is 4.82. The summed E-state index contributed by atoms with van der Waals surface area (Å²) in [4.78, 5) is 16.9. The lowest BCUT2D eigenvalue weighted by atomic mass is 10.2. The molecule has 0 N–H and O–H groups in total. The van der Waals surface area contributed by atoms with Gasteiger partial charge in [-0.25, -0.2) is 13.4 Å². The Bertz CT molecular complexity index is 973. The molecule has 0 spiro atoms. The molecule has 10 heteroatoms. The Kier molecular flexibility index (Phi) is 6.76. The number of esters is 1. The fraction of sp³-hybridized carbons (Fsp3) is 0.474. The van der Waals surface area contributed by atoms with E-state index in [-0.39, 0.29) is 6.61 Å². The molecule has 8 nitrogen and oxygen atoms in total. The van der Waals surface area contributed by atoms with Crippen LogP contribution in [0.2, 0.25) is 0 Å². The van der Waals surface area contributed by atoms with Crippen molar-refractivity contribution < 1.29 is 27.4 Å². The number of thiazole rings is 1. The SMILES string of the molecule is CCOc1ccc(-c2nc(COC(=O)C3CCCN3S(C)(=O)=O)cs2)cc1OC. The second-order valence-electron chi connectivity index (χ2n) is 6.58. The molecule has 0 aliphatic carbocycles. The highest BCUT2D eigenvalue weighted by atomic mass is 32.2. The average Bonchev–Trinajstić information content (AvgIpc) is 3.36. The summed E-state index contributed by atoms with van der Waals surface area (Å²) < 4.78 is 41.0. The standard InChI is InChI=1S/C19H24N2O6S2/c1-4-26-16-8-7-13(10-17(16)25-2)18-20-14(12-28-18)11-27-19(22)15-6-5-9-21(15)29(3,23)24/h7-8,10,12,15H,4-6,9,11H2,1-3H3. The Balaban J connectivity index is 1.66. The molecule has 0 amide bonds. The van der Waals surface area contributed by atoms with Gasteiger partial charge in [0, 0.05) is 17.5 Å². The Morgan fingerprint density at radius 3 is 2.83 bits per heavy atom. The van der Waals surface area contributed by atoms with Crippen molar-refractivity contribution >= 4 is 27.3 Å². The summed E-state index contributed by atoms with van der Waals surface area (Å²) in [6.07, 6.45) is 2.23.